The van der Waals surface area contributed by atoms with E-state index >= 15 is 0 Å². The zero-order valence-corrected chi connectivity index (χ0v) is 30.4. The highest BCUT2D eigenvalue weighted by Gasteiger charge is 2.35. The lowest BCUT2D eigenvalue weighted by Crippen LogP contribution is -2.52. The highest BCUT2D eigenvalue weighted by molar-refractivity contribution is 6.31. The van der Waals surface area contributed by atoms with Crippen LogP contribution in [0.4, 0.5) is 11.5 Å². The number of halogens is 2. The van der Waals surface area contributed by atoms with Gasteiger partial charge in [0.1, 0.15) is 11.6 Å². The number of pyridine rings is 1. The van der Waals surface area contributed by atoms with Gasteiger partial charge in [0.2, 0.25) is 0 Å². The zero-order chi connectivity index (χ0) is 34.9. The number of hydrogen-bond donors (Lipinski definition) is 1. The fourth-order valence-electron chi connectivity index (χ4n) is 7.79. The molecule has 2 aromatic heterocycles. The Morgan fingerprint density at radius 3 is 2.42 bits per heavy atom. The van der Waals surface area contributed by atoms with Crippen LogP contribution in [0.1, 0.15) is 50.4 Å². The molecule has 52 heavy (non-hydrogen) atoms. The van der Waals surface area contributed by atoms with Gasteiger partial charge in [0, 0.05) is 72.5 Å². The summed E-state index contributed by atoms with van der Waals surface area (Å²) in [5.41, 5.74) is 6.60. The van der Waals surface area contributed by atoms with Gasteiger partial charge in [-0.05, 0) is 97.5 Å². The SMILES string of the molecule is Cl.O=C(c1cc(-c2cc(Cl)ccc2C(=O)N2Cc3ccccc3C[C@H]2CN2CCOCC2)n2c1CCCC2)N(c1ccc(O)cc1)c1ccccn1. The van der Waals surface area contributed by atoms with E-state index < -0.39 is 0 Å². The van der Waals surface area contributed by atoms with Gasteiger partial charge < -0.3 is 19.3 Å². The lowest BCUT2D eigenvalue weighted by Gasteiger charge is -2.40. The van der Waals surface area contributed by atoms with E-state index in [0.29, 0.717) is 53.0 Å². The predicted molar refractivity (Wildman–Crippen MR) is 205 cm³/mol. The molecule has 3 aliphatic rings. The monoisotopic (exact) mass is 737 g/mol. The van der Waals surface area contributed by atoms with Crippen molar-refractivity contribution in [2.75, 3.05) is 37.7 Å². The first-order valence-electron chi connectivity index (χ1n) is 17.7. The average Bonchev–Trinajstić information content (AvgIpc) is 3.56. The number of carbonyl (C=O) groups is 2. The number of aromatic hydroxyl groups is 1. The molecule has 268 valence electrons. The lowest BCUT2D eigenvalue weighted by atomic mass is 9.92. The maximum Gasteiger partial charge on any atom is 0.265 e. The van der Waals surface area contributed by atoms with Crippen LogP contribution in [-0.2, 0) is 30.7 Å². The van der Waals surface area contributed by atoms with Crippen LogP contribution in [0.15, 0.2) is 97.2 Å². The number of amides is 2. The molecule has 0 bridgehead atoms. The molecule has 3 aliphatic heterocycles. The minimum Gasteiger partial charge on any atom is -0.508 e. The third kappa shape index (κ3) is 7.06. The second-order valence-corrected chi connectivity index (χ2v) is 13.9. The molecule has 5 heterocycles. The standard InChI is InChI=1S/C41H40ClN5O4.ClH/c42-30-11-16-34(40(49)46-26-29-8-2-1-7-28(29)23-32(46)27-44-19-21-51-22-20-44)35(24-30)38-25-36(37-9-4-6-18-45(37)38)41(50)47(39-10-3-5-17-43-39)31-12-14-33(48)15-13-31;/h1-3,5,7-8,10-17,24-25,32,48H,4,6,9,18-23,26-27H2;1H/t32-;/m0./s1. The smallest absolute Gasteiger partial charge is 0.265 e. The predicted octanol–water partition coefficient (Wildman–Crippen LogP) is 7.55. The van der Waals surface area contributed by atoms with Gasteiger partial charge in [-0.25, -0.2) is 4.98 Å². The minimum absolute atomic E-state index is 0. The molecule has 0 unspecified atom stereocenters. The molecule has 0 saturated carbocycles. The van der Waals surface area contributed by atoms with Gasteiger partial charge in [-0.3, -0.25) is 19.4 Å². The summed E-state index contributed by atoms with van der Waals surface area (Å²) in [6, 6.07) is 27.8. The number of rotatable bonds is 7. The van der Waals surface area contributed by atoms with Crippen LogP contribution >= 0.6 is 24.0 Å². The molecule has 1 fully saturated rings. The molecule has 0 spiro atoms. The summed E-state index contributed by atoms with van der Waals surface area (Å²) in [5, 5.41) is 10.5. The van der Waals surface area contributed by atoms with Crippen LogP contribution in [0.2, 0.25) is 5.02 Å². The number of phenols is 1. The van der Waals surface area contributed by atoms with Gasteiger partial charge in [0.05, 0.1) is 24.5 Å². The molecule has 1 atom stereocenters. The number of carbonyl (C=O) groups excluding carboxylic acids is 2. The van der Waals surface area contributed by atoms with Crippen molar-refractivity contribution in [3.8, 4) is 17.0 Å². The zero-order valence-electron chi connectivity index (χ0n) is 28.8. The van der Waals surface area contributed by atoms with Crippen LogP contribution in [0.3, 0.4) is 0 Å². The molecule has 11 heteroatoms. The second kappa shape index (κ2) is 15.5. The number of morpholine rings is 1. The first-order chi connectivity index (χ1) is 24.9. The van der Waals surface area contributed by atoms with Gasteiger partial charge in [0.15, 0.2) is 0 Å². The van der Waals surface area contributed by atoms with Crippen molar-refractivity contribution in [1.82, 2.24) is 19.4 Å². The Balaban J connectivity index is 0.00000420. The summed E-state index contributed by atoms with van der Waals surface area (Å²) >= 11 is 6.70. The van der Waals surface area contributed by atoms with Gasteiger partial charge in [0.25, 0.3) is 11.8 Å². The van der Waals surface area contributed by atoms with Crippen LogP contribution in [-0.4, -0.2) is 75.2 Å². The van der Waals surface area contributed by atoms with Crippen LogP contribution in [0, 0.1) is 0 Å². The molecule has 8 rings (SSSR count). The average molecular weight is 739 g/mol. The molecular formula is C41H41Cl2N5O4. The van der Waals surface area contributed by atoms with Crippen molar-refractivity contribution in [3.63, 3.8) is 0 Å². The summed E-state index contributed by atoms with van der Waals surface area (Å²) in [6.45, 7) is 5.10. The third-order valence-corrected chi connectivity index (χ3v) is 10.6. The number of nitrogens with zero attached hydrogens (tertiary/aromatic N) is 5. The third-order valence-electron chi connectivity index (χ3n) is 10.4. The number of benzene rings is 3. The Morgan fingerprint density at radius 1 is 0.885 bits per heavy atom. The topological polar surface area (TPSA) is 91.1 Å². The Labute approximate surface area is 314 Å². The minimum atomic E-state index is -0.232. The normalized spacial score (nSPS) is 17.1. The molecule has 1 N–H and O–H groups in total. The quantitative estimate of drug-likeness (QED) is 0.186. The van der Waals surface area contributed by atoms with E-state index in [0.717, 1.165) is 68.8 Å². The van der Waals surface area contributed by atoms with Crippen molar-refractivity contribution in [2.24, 2.45) is 0 Å². The highest BCUT2D eigenvalue weighted by Crippen LogP contribution is 2.38. The van der Waals surface area contributed by atoms with E-state index in [-0.39, 0.29) is 36.0 Å². The van der Waals surface area contributed by atoms with Gasteiger partial charge >= 0.3 is 0 Å². The molecule has 0 aliphatic carbocycles. The van der Waals surface area contributed by atoms with Crippen LogP contribution in [0.5, 0.6) is 5.75 Å². The van der Waals surface area contributed by atoms with E-state index in [1.165, 1.54) is 5.56 Å². The second-order valence-electron chi connectivity index (χ2n) is 13.5. The van der Waals surface area contributed by atoms with Crippen LogP contribution < -0.4 is 4.90 Å². The van der Waals surface area contributed by atoms with E-state index in [2.05, 4.69) is 32.7 Å². The number of phenolic OH excluding ortho intramolecular Hbond substituents is 1. The summed E-state index contributed by atoms with van der Waals surface area (Å²) in [6.07, 6.45) is 5.07. The summed E-state index contributed by atoms with van der Waals surface area (Å²) in [7, 11) is 0. The first kappa shape index (κ1) is 35.7. The van der Waals surface area contributed by atoms with Crippen LogP contribution in [0.25, 0.3) is 11.3 Å². The van der Waals surface area contributed by atoms with E-state index in [1.54, 1.807) is 47.5 Å². The van der Waals surface area contributed by atoms with Crippen molar-refractivity contribution in [2.45, 2.75) is 44.8 Å². The summed E-state index contributed by atoms with van der Waals surface area (Å²) < 4.78 is 7.82. The lowest BCUT2D eigenvalue weighted by molar-refractivity contribution is 0.0193. The number of anilines is 2. The number of aromatic nitrogens is 2. The molecule has 5 aromatic rings. The number of ether oxygens (including phenoxy) is 1. The van der Waals surface area contributed by atoms with Crippen molar-refractivity contribution in [1.29, 1.82) is 0 Å². The highest BCUT2D eigenvalue weighted by atomic mass is 35.5. The van der Waals surface area contributed by atoms with Gasteiger partial charge in [-0.15, -0.1) is 12.4 Å². The molecule has 1 saturated heterocycles. The molecule has 0 radical (unpaired) electrons. The van der Waals surface area contributed by atoms with E-state index in [9.17, 15) is 14.7 Å². The largest absolute Gasteiger partial charge is 0.508 e. The summed E-state index contributed by atoms with van der Waals surface area (Å²) in [4.78, 5) is 40.2. The first-order valence-corrected chi connectivity index (χ1v) is 18.1. The Morgan fingerprint density at radius 2 is 1.65 bits per heavy atom. The fourth-order valence-corrected chi connectivity index (χ4v) is 7.96. The van der Waals surface area contributed by atoms with E-state index in [1.807, 2.05) is 41.3 Å². The fraction of sp³-hybridized carbons (Fsp3) is 0.293. The maximum absolute atomic E-state index is 14.9. The summed E-state index contributed by atoms with van der Waals surface area (Å²) in [5.74, 6) is 0.302. The van der Waals surface area contributed by atoms with Gasteiger partial charge in [-0.2, -0.15) is 0 Å². The number of fused-ring (bicyclic) bond motifs is 2. The Kier molecular flexibility index (Phi) is 10.7. The number of hydrogen-bond acceptors (Lipinski definition) is 6. The Bertz CT molecular complexity index is 2060. The van der Waals surface area contributed by atoms with Crippen molar-refractivity contribution >= 4 is 47.3 Å². The molecule has 9 nitrogen and oxygen atoms in total. The Hall–Kier alpha value is -4.67. The van der Waals surface area contributed by atoms with E-state index in [4.69, 9.17) is 16.3 Å². The van der Waals surface area contributed by atoms with Crippen molar-refractivity contribution in [3.05, 3.63) is 130 Å². The molecule has 3 aromatic carbocycles. The molecule has 2 amide bonds. The van der Waals surface area contributed by atoms with Crippen molar-refractivity contribution < 1.29 is 19.4 Å². The van der Waals surface area contributed by atoms with Gasteiger partial charge in [-0.1, -0.05) is 41.9 Å². The molecular weight excluding hydrogens is 697 g/mol. The maximum atomic E-state index is 14.9.